The van der Waals surface area contributed by atoms with Crippen LogP contribution < -0.4 is 11.4 Å². The van der Waals surface area contributed by atoms with Gasteiger partial charge in [-0.15, -0.1) is 0 Å². The summed E-state index contributed by atoms with van der Waals surface area (Å²) >= 11 is 10.0. The van der Waals surface area contributed by atoms with E-state index < -0.39 is 0 Å². The number of anilines is 1. The van der Waals surface area contributed by atoms with Crippen LogP contribution in [0.5, 0.6) is 0 Å². The van der Waals surface area contributed by atoms with Crippen molar-refractivity contribution in [1.29, 1.82) is 0 Å². The minimum atomic E-state index is -0.243. The molecule has 5 aromatic rings. The molecule has 0 fully saturated rings. The minimum Gasteiger partial charge on any atom is -0.399 e. The van der Waals surface area contributed by atoms with Crippen LogP contribution in [0.25, 0.3) is 33.3 Å². The van der Waals surface area contributed by atoms with Crippen molar-refractivity contribution in [3.05, 3.63) is 92.9 Å². The summed E-state index contributed by atoms with van der Waals surface area (Å²) in [5.74, 6) is 0. The molecule has 5 nitrogen and oxygen atoms in total. The summed E-state index contributed by atoms with van der Waals surface area (Å²) < 4.78 is 4.15. The van der Waals surface area contributed by atoms with Crippen LogP contribution in [0.3, 0.4) is 0 Å². The van der Waals surface area contributed by atoms with Crippen LogP contribution in [0.4, 0.5) is 5.69 Å². The van der Waals surface area contributed by atoms with Gasteiger partial charge in [0.1, 0.15) is 0 Å². The quantitative estimate of drug-likeness (QED) is 0.358. The maximum atomic E-state index is 13.7. The lowest BCUT2D eigenvalue weighted by atomic mass is 10.2. The van der Waals surface area contributed by atoms with Crippen molar-refractivity contribution in [2.45, 2.75) is 0 Å². The molecule has 0 spiro atoms. The Hall–Kier alpha value is -3.09. The normalized spacial score (nSPS) is 11.4. The molecular formula is C22H14BrClN4O. The number of fused-ring (bicyclic) bond motifs is 3. The van der Waals surface area contributed by atoms with Crippen LogP contribution in [0.2, 0.25) is 5.02 Å². The number of pyridine rings is 1. The first-order valence-electron chi connectivity index (χ1n) is 8.87. The number of nitrogens with zero attached hydrogens (tertiary/aromatic N) is 3. The van der Waals surface area contributed by atoms with Crippen molar-refractivity contribution in [1.82, 2.24) is 14.1 Å². The van der Waals surface area contributed by atoms with Gasteiger partial charge in [0.15, 0.2) is 0 Å². The van der Waals surface area contributed by atoms with Gasteiger partial charge in [0.2, 0.25) is 0 Å². The largest absolute Gasteiger partial charge is 0.399 e. The zero-order valence-corrected chi connectivity index (χ0v) is 17.4. The van der Waals surface area contributed by atoms with E-state index >= 15 is 0 Å². The number of hydrogen-bond acceptors (Lipinski definition) is 3. The molecule has 0 saturated carbocycles. The molecule has 0 atom stereocenters. The molecule has 3 aromatic carbocycles. The van der Waals surface area contributed by atoms with Crippen molar-refractivity contribution in [2.75, 3.05) is 5.73 Å². The highest BCUT2D eigenvalue weighted by Crippen LogP contribution is 2.31. The second-order valence-corrected chi connectivity index (χ2v) is 7.98. The Balaban J connectivity index is 2.02. The number of rotatable bonds is 2. The Morgan fingerprint density at radius 1 is 0.966 bits per heavy atom. The highest BCUT2D eigenvalue weighted by atomic mass is 79.9. The summed E-state index contributed by atoms with van der Waals surface area (Å²) in [5, 5.41) is 1.33. The van der Waals surface area contributed by atoms with Gasteiger partial charge in [0, 0.05) is 15.5 Å². The minimum absolute atomic E-state index is 0.243. The Bertz CT molecular complexity index is 1470. The van der Waals surface area contributed by atoms with Gasteiger partial charge in [-0.25, -0.2) is 4.79 Å². The van der Waals surface area contributed by atoms with E-state index in [0.29, 0.717) is 27.6 Å². The van der Waals surface area contributed by atoms with Crippen LogP contribution in [-0.4, -0.2) is 14.1 Å². The standard InChI is InChI=1S/C22H14BrClN4O/c23-13-8-9-18-16(10-13)21-20(12-26-18)27(15-5-3-4-14(25)11-15)22(29)28(21)19-7-2-1-6-17(19)24/h1-12H,25H2. The zero-order chi connectivity index (χ0) is 20.1. The third kappa shape index (κ3) is 2.84. The molecule has 29 heavy (non-hydrogen) atoms. The third-order valence-corrected chi connectivity index (χ3v) is 5.66. The molecule has 142 valence electrons. The van der Waals surface area contributed by atoms with E-state index in [9.17, 15) is 4.79 Å². The van der Waals surface area contributed by atoms with Crippen molar-refractivity contribution >= 4 is 55.2 Å². The zero-order valence-electron chi connectivity index (χ0n) is 15.0. The Labute approximate surface area is 179 Å². The van der Waals surface area contributed by atoms with Crippen LogP contribution in [0.1, 0.15) is 0 Å². The Morgan fingerprint density at radius 3 is 2.59 bits per heavy atom. The molecule has 0 radical (unpaired) electrons. The van der Waals surface area contributed by atoms with Gasteiger partial charge >= 0.3 is 5.69 Å². The SMILES string of the molecule is Nc1cccc(-n2c(=O)n(-c3ccccc3Cl)c3c4cc(Br)ccc4ncc32)c1. The highest BCUT2D eigenvalue weighted by Gasteiger charge is 2.20. The van der Waals surface area contributed by atoms with E-state index in [2.05, 4.69) is 20.9 Å². The van der Waals surface area contributed by atoms with Crippen molar-refractivity contribution in [3.8, 4) is 11.4 Å². The van der Waals surface area contributed by atoms with E-state index in [1.807, 2.05) is 48.5 Å². The molecular weight excluding hydrogens is 452 g/mol. The first-order chi connectivity index (χ1) is 14.0. The maximum Gasteiger partial charge on any atom is 0.338 e. The monoisotopic (exact) mass is 464 g/mol. The van der Waals surface area contributed by atoms with E-state index in [-0.39, 0.29) is 5.69 Å². The summed E-state index contributed by atoms with van der Waals surface area (Å²) in [6.07, 6.45) is 1.71. The first-order valence-corrected chi connectivity index (χ1v) is 10.0. The fourth-order valence-electron chi connectivity index (χ4n) is 3.61. The lowest BCUT2D eigenvalue weighted by Gasteiger charge is -2.07. The van der Waals surface area contributed by atoms with Gasteiger partial charge in [-0.1, -0.05) is 45.7 Å². The maximum absolute atomic E-state index is 13.7. The number of nitrogen functional groups attached to an aromatic ring is 1. The Morgan fingerprint density at radius 2 is 1.79 bits per heavy atom. The molecule has 0 unspecified atom stereocenters. The molecule has 0 aliphatic carbocycles. The molecule has 0 bridgehead atoms. The van der Waals surface area contributed by atoms with Crippen molar-refractivity contribution in [2.24, 2.45) is 0 Å². The molecule has 0 saturated heterocycles. The number of hydrogen-bond donors (Lipinski definition) is 1. The molecule has 7 heteroatoms. The van der Waals surface area contributed by atoms with Crippen LogP contribution in [0, 0.1) is 0 Å². The lowest BCUT2D eigenvalue weighted by molar-refractivity contribution is 0.931. The smallest absolute Gasteiger partial charge is 0.338 e. The average Bonchev–Trinajstić information content (AvgIpc) is 3.00. The first kappa shape index (κ1) is 18.0. The van der Waals surface area contributed by atoms with Gasteiger partial charge in [-0.05, 0) is 48.5 Å². The van der Waals surface area contributed by atoms with Crippen LogP contribution in [0.15, 0.2) is 82.2 Å². The number of aromatic nitrogens is 3. The summed E-state index contributed by atoms with van der Waals surface area (Å²) in [5.41, 5.74) is 9.78. The molecule has 0 amide bonds. The van der Waals surface area contributed by atoms with E-state index in [1.165, 1.54) is 0 Å². The van der Waals surface area contributed by atoms with Gasteiger partial charge in [-0.3, -0.25) is 14.1 Å². The van der Waals surface area contributed by atoms with Gasteiger partial charge < -0.3 is 5.73 Å². The fourth-order valence-corrected chi connectivity index (χ4v) is 4.19. The summed E-state index contributed by atoms with van der Waals surface area (Å²) in [6, 6.07) is 20.3. The predicted molar refractivity (Wildman–Crippen MR) is 121 cm³/mol. The second-order valence-electron chi connectivity index (χ2n) is 6.65. The van der Waals surface area contributed by atoms with Gasteiger partial charge in [0.05, 0.1) is 39.1 Å². The molecule has 5 rings (SSSR count). The lowest BCUT2D eigenvalue weighted by Crippen LogP contribution is -2.22. The number of imidazole rings is 1. The number of nitrogens with two attached hydrogens (primary N) is 1. The third-order valence-electron chi connectivity index (χ3n) is 4.85. The number of para-hydroxylation sites is 1. The number of benzene rings is 3. The highest BCUT2D eigenvalue weighted by molar-refractivity contribution is 9.10. The van der Waals surface area contributed by atoms with Gasteiger partial charge in [0.25, 0.3) is 0 Å². The molecule has 0 aliphatic rings. The van der Waals surface area contributed by atoms with E-state index in [0.717, 1.165) is 20.9 Å². The van der Waals surface area contributed by atoms with Gasteiger partial charge in [-0.2, -0.15) is 0 Å². The molecule has 2 aromatic heterocycles. The van der Waals surface area contributed by atoms with Crippen molar-refractivity contribution in [3.63, 3.8) is 0 Å². The molecule has 2 N–H and O–H groups in total. The van der Waals surface area contributed by atoms with Crippen LogP contribution in [-0.2, 0) is 0 Å². The van der Waals surface area contributed by atoms with E-state index in [1.54, 1.807) is 33.5 Å². The Kier molecular flexibility index (Phi) is 4.19. The van der Waals surface area contributed by atoms with E-state index in [4.69, 9.17) is 17.3 Å². The van der Waals surface area contributed by atoms with Crippen molar-refractivity contribution < 1.29 is 0 Å². The summed E-state index contributed by atoms with van der Waals surface area (Å²) in [7, 11) is 0. The number of halogens is 2. The van der Waals surface area contributed by atoms with Crippen LogP contribution >= 0.6 is 27.5 Å². The fraction of sp³-hybridized carbons (Fsp3) is 0. The summed E-state index contributed by atoms with van der Waals surface area (Å²) in [4.78, 5) is 18.2. The second kappa shape index (κ2) is 6.76. The summed E-state index contributed by atoms with van der Waals surface area (Å²) in [6.45, 7) is 0. The molecule has 0 aliphatic heterocycles. The predicted octanol–water partition coefficient (Wildman–Crippen LogP) is 5.33. The average molecular weight is 466 g/mol. The topological polar surface area (TPSA) is 65.8 Å². The molecule has 2 heterocycles.